The van der Waals surface area contributed by atoms with Crippen molar-refractivity contribution >= 4 is 0 Å². The Balaban J connectivity index is 2.39. The summed E-state index contributed by atoms with van der Waals surface area (Å²) < 4.78 is 0. The number of hydrogen-bond donors (Lipinski definition) is 1. The minimum Gasteiger partial charge on any atom is -0.600 e. The molecule has 3 heteroatoms. The van der Waals surface area contributed by atoms with E-state index in [0.717, 1.165) is 5.56 Å². The minimum atomic E-state index is -0.242. The lowest BCUT2D eigenvalue weighted by Gasteiger charge is -2.13. The van der Waals surface area contributed by atoms with E-state index in [1.165, 1.54) is 7.05 Å². The Morgan fingerprint density at radius 3 is 2.55 bits per heavy atom. The Hall–Kier alpha value is -0.900. The number of rotatable bonds is 3. The molecule has 0 bridgehead atoms. The lowest BCUT2D eigenvalue weighted by Crippen LogP contribution is -3.02. The number of benzene rings is 1. The number of quaternary nitrogens is 1. The van der Waals surface area contributed by atoms with Crippen molar-refractivity contribution in [2.45, 2.75) is 6.61 Å². The molecule has 1 N–H and O–H groups in total. The van der Waals surface area contributed by atoms with Gasteiger partial charge in [-0.1, -0.05) is 30.3 Å². The van der Waals surface area contributed by atoms with Crippen LogP contribution in [0.3, 0.4) is 0 Å². The van der Waals surface area contributed by atoms with E-state index in [-0.39, 0.29) is 5.23 Å². The molecule has 0 heterocycles. The van der Waals surface area contributed by atoms with Crippen LogP contribution in [0.15, 0.2) is 30.3 Å². The first-order valence-electron chi connectivity index (χ1n) is 3.46. The van der Waals surface area contributed by atoms with Crippen LogP contribution in [-0.4, -0.2) is 7.05 Å². The predicted molar refractivity (Wildman–Crippen MR) is 41.5 cm³/mol. The Morgan fingerprint density at radius 2 is 2.00 bits per heavy atom. The van der Waals surface area contributed by atoms with Crippen LogP contribution in [-0.2, 0) is 11.4 Å². The minimum absolute atomic E-state index is 0.242. The van der Waals surface area contributed by atoms with Crippen molar-refractivity contribution in [3.05, 3.63) is 41.1 Å². The third-order valence-corrected chi connectivity index (χ3v) is 1.28. The number of nitrogens with one attached hydrogen (secondary N) is 1. The summed E-state index contributed by atoms with van der Waals surface area (Å²) in [5.41, 5.74) is 1.02. The molecule has 1 unspecified atom stereocenters. The van der Waals surface area contributed by atoms with Crippen LogP contribution in [0.1, 0.15) is 5.56 Å². The largest absolute Gasteiger partial charge is 0.600 e. The molecule has 11 heavy (non-hydrogen) atoms. The van der Waals surface area contributed by atoms with Gasteiger partial charge >= 0.3 is 0 Å². The van der Waals surface area contributed by atoms with Crippen molar-refractivity contribution in [2.75, 3.05) is 7.05 Å². The van der Waals surface area contributed by atoms with Gasteiger partial charge in [0.1, 0.15) is 6.61 Å². The summed E-state index contributed by atoms with van der Waals surface area (Å²) in [7, 11) is 1.41. The molecule has 0 fully saturated rings. The van der Waals surface area contributed by atoms with E-state index in [9.17, 15) is 5.21 Å². The first kappa shape index (κ1) is 8.20. The lowest BCUT2D eigenvalue weighted by atomic mass is 10.2. The average molecular weight is 153 g/mol. The van der Waals surface area contributed by atoms with Crippen molar-refractivity contribution in [1.82, 2.24) is 0 Å². The Bertz CT molecular complexity index is 199. The second-order valence-electron chi connectivity index (χ2n) is 2.27. The smallest absolute Gasteiger partial charge is 0.132 e. The molecule has 0 saturated heterocycles. The molecule has 0 radical (unpaired) electrons. The van der Waals surface area contributed by atoms with E-state index >= 15 is 0 Å². The summed E-state index contributed by atoms with van der Waals surface area (Å²) in [5, 5.41) is 10.2. The van der Waals surface area contributed by atoms with Crippen molar-refractivity contribution < 1.29 is 10.1 Å². The Morgan fingerprint density at radius 1 is 1.36 bits per heavy atom. The maximum Gasteiger partial charge on any atom is 0.132 e. The SMILES string of the molecule is C[NH+]([O-])OCc1ccccc1. The fourth-order valence-electron chi connectivity index (χ4n) is 0.759. The molecule has 1 rings (SSSR count). The Kier molecular flexibility index (Phi) is 3.04. The molecule has 0 aliphatic rings. The van der Waals surface area contributed by atoms with E-state index in [1.54, 1.807) is 0 Å². The van der Waals surface area contributed by atoms with E-state index < -0.39 is 0 Å². The van der Waals surface area contributed by atoms with Crippen molar-refractivity contribution in [2.24, 2.45) is 0 Å². The quantitative estimate of drug-likeness (QED) is 0.627. The van der Waals surface area contributed by atoms with Crippen LogP contribution in [0.5, 0.6) is 0 Å². The van der Waals surface area contributed by atoms with Gasteiger partial charge in [0, 0.05) is 0 Å². The van der Waals surface area contributed by atoms with E-state index in [1.807, 2.05) is 30.3 Å². The summed E-state index contributed by atoms with van der Waals surface area (Å²) in [6.45, 7) is 0.371. The standard InChI is InChI=1S/C8H11NO2/c1-9(10)11-7-8-5-3-2-4-6-8/h2-6,9H,7H2,1H3. The second kappa shape index (κ2) is 4.08. The zero-order valence-corrected chi connectivity index (χ0v) is 6.41. The van der Waals surface area contributed by atoms with E-state index in [0.29, 0.717) is 6.61 Å². The van der Waals surface area contributed by atoms with Crippen LogP contribution in [0, 0.1) is 5.21 Å². The molecule has 1 atom stereocenters. The van der Waals surface area contributed by atoms with Crippen LogP contribution in [0.2, 0.25) is 0 Å². The number of hydroxylamine groups is 2. The maximum atomic E-state index is 10.4. The van der Waals surface area contributed by atoms with Crippen LogP contribution in [0.25, 0.3) is 0 Å². The third kappa shape index (κ3) is 3.13. The number of hydrogen-bond acceptors (Lipinski definition) is 2. The van der Waals surface area contributed by atoms with Gasteiger partial charge < -0.3 is 5.21 Å². The van der Waals surface area contributed by atoms with E-state index in [4.69, 9.17) is 4.84 Å². The van der Waals surface area contributed by atoms with Gasteiger partial charge in [-0.05, 0) is 5.56 Å². The van der Waals surface area contributed by atoms with Gasteiger partial charge in [-0.15, -0.1) is 0 Å². The first-order chi connectivity index (χ1) is 5.29. The normalized spacial score (nSPS) is 12.9. The molecule has 3 nitrogen and oxygen atoms in total. The Labute approximate surface area is 65.7 Å². The molecule has 1 aromatic carbocycles. The predicted octanol–water partition coefficient (Wildman–Crippen LogP) is 0.131. The molecule has 0 saturated carbocycles. The molecule has 0 aromatic heterocycles. The van der Waals surface area contributed by atoms with Gasteiger partial charge in [-0.2, -0.15) is 4.84 Å². The summed E-state index contributed by atoms with van der Waals surface area (Å²) in [4.78, 5) is 4.79. The summed E-state index contributed by atoms with van der Waals surface area (Å²) in [6, 6.07) is 9.60. The average Bonchev–Trinajstić information content (AvgIpc) is 2.03. The van der Waals surface area contributed by atoms with Gasteiger partial charge in [0.25, 0.3) is 0 Å². The summed E-state index contributed by atoms with van der Waals surface area (Å²) in [5.74, 6) is 0. The zero-order valence-electron chi connectivity index (χ0n) is 6.41. The van der Waals surface area contributed by atoms with Gasteiger partial charge in [0.15, 0.2) is 0 Å². The van der Waals surface area contributed by atoms with Gasteiger partial charge in [-0.25, -0.2) is 5.23 Å². The summed E-state index contributed by atoms with van der Waals surface area (Å²) >= 11 is 0. The highest BCUT2D eigenvalue weighted by molar-refractivity contribution is 5.13. The van der Waals surface area contributed by atoms with Crippen LogP contribution in [0.4, 0.5) is 0 Å². The first-order valence-corrected chi connectivity index (χ1v) is 3.46. The van der Waals surface area contributed by atoms with Gasteiger partial charge in [-0.3, -0.25) is 0 Å². The highest BCUT2D eigenvalue weighted by Gasteiger charge is 1.92. The van der Waals surface area contributed by atoms with Crippen molar-refractivity contribution in [3.8, 4) is 0 Å². The van der Waals surface area contributed by atoms with Crippen molar-refractivity contribution in [1.29, 1.82) is 0 Å². The molecule has 0 amide bonds. The maximum absolute atomic E-state index is 10.4. The van der Waals surface area contributed by atoms with Gasteiger partial charge in [0.05, 0.1) is 7.05 Å². The lowest BCUT2D eigenvalue weighted by molar-refractivity contribution is -1.04. The van der Waals surface area contributed by atoms with E-state index in [2.05, 4.69) is 0 Å². The molecule has 1 aromatic rings. The molecule has 0 aliphatic carbocycles. The zero-order chi connectivity index (χ0) is 8.10. The fourth-order valence-corrected chi connectivity index (χ4v) is 0.759. The summed E-state index contributed by atoms with van der Waals surface area (Å²) in [6.07, 6.45) is 0. The molecular formula is C8H11NO2. The highest BCUT2D eigenvalue weighted by Crippen LogP contribution is 1.97. The van der Waals surface area contributed by atoms with Crippen LogP contribution < -0.4 is 5.23 Å². The fraction of sp³-hybridized carbons (Fsp3) is 0.250. The third-order valence-electron chi connectivity index (χ3n) is 1.28. The van der Waals surface area contributed by atoms with Crippen LogP contribution >= 0.6 is 0 Å². The monoisotopic (exact) mass is 153 g/mol. The second-order valence-corrected chi connectivity index (χ2v) is 2.27. The van der Waals surface area contributed by atoms with Gasteiger partial charge in [0.2, 0.25) is 0 Å². The molecular weight excluding hydrogens is 142 g/mol. The highest BCUT2D eigenvalue weighted by atomic mass is 16.9. The topological polar surface area (TPSA) is 36.7 Å². The molecule has 0 spiro atoms. The molecule has 0 aliphatic heterocycles. The van der Waals surface area contributed by atoms with Crippen molar-refractivity contribution in [3.63, 3.8) is 0 Å². The molecule has 60 valence electrons.